The van der Waals surface area contributed by atoms with Crippen molar-refractivity contribution in [3.05, 3.63) is 46.8 Å². The van der Waals surface area contributed by atoms with Crippen LogP contribution in [0.15, 0.2) is 40.9 Å². The van der Waals surface area contributed by atoms with Crippen LogP contribution in [-0.2, 0) is 0 Å². The second-order valence-corrected chi connectivity index (χ2v) is 3.79. The summed E-state index contributed by atoms with van der Waals surface area (Å²) in [5.41, 5.74) is 0.874. The minimum Gasteiger partial charge on any atom is -0.339 e. The lowest BCUT2D eigenvalue weighted by Gasteiger charge is -2.03. The molecular formula is C10H7BrFN3. The maximum atomic E-state index is 12.5. The first-order chi connectivity index (χ1) is 7.24. The summed E-state index contributed by atoms with van der Waals surface area (Å²) >= 11 is 3.34. The minimum atomic E-state index is -0.587. The summed E-state index contributed by atoms with van der Waals surface area (Å²) in [5.74, 6) is -0.0740. The zero-order valence-corrected chi connectivity index (χ0v) is 9.20. The van der Waals surface area contributed by atoms with Gasteiger partial charge in [-0.25, -0.2) is 0 Å². The van der Waals surface area contributed by atoms with E-state index < -0.39 is 5.95 Å². The lowest BCUT2D eigenvalue weighted by Crippen LogP contribution is -1.96. The molecule has 2 aromatic rings. The highest BCUT2D eigenvalue weighted by molar-refractivity contribution is 9.10. The lowest BCUT2D eigenvalue weighted by molar-refractivity contribution is 0.564. The molecule has 1 aromatic heterocycles. The van der Waals surface area contributed by atoms with Crippen molar-refractivity contribution in [1.29, 1.82) is 0 Å². The number of anilines is 2. The summed E-state index contributed by atoms with van der Waals surface area (Å²) in [7, 11) is 0. The molecule has 2 rings (SSSR count). The van der Waals surface area contributed by atoms with Crippen LogP contribution in [0, 0.1) is 5.95 Å². The van der Waals surface area contributed by atoms with E-state index in [0.29, 0.717) is 5.82 Å². The summed E-state index contributed by atoms with van der Waals surface area (Å²) in [5, 5.41) is 9.95. The van der Waals surface area contributed by atoms with Gasteiger partial charge < -0.3 is 5.32 Å². The van der Waals surface area contributed by atoms with Gasteiger partial charge in [-0.1, -0.05) is 15.9 Å². The molecule has 5 heteroatoms. The van der Waals surface area contributed by atoms with Crippen molar-refractivity contribution in [1.82, 2.24) is 10.2 Å². The Kier molecular flexibility index (Phi) is 2.91. The molecule has 1 heterocycles. The Morgan fingerprint density at radius 1 is 1.00 bits per heavy atom. The topological polar surface area (TPSA) is 37.8 Å². The van der Waals surface area contributed by atoms with Crippen LogP contribution in [-0.4, -0.2) is 10.2 Å². The molecule has 1 N–H and O–H groups in total. The van der Waals surface area contributed by atoms with Gasteiger partial charge in [-0.3, -0.25) is 0 Å². The Morgan fingerprint density at radius 2 is 1.73 bits per heavy atom. The molecule has 0 saturated carbocycles. The summed E-state index contributed by atoms with van der Waals surface area (Å²) in [6, 6.07) is 10.4. The van der Waals surface area contributed by atoms with E-state index in [2.05, 4.69) is 31.4 Å². The Morgan fingerprint density at radius 3 is 2.33 bits per heavy atom. The van der Waals surface area contributed by atoms with Crippen LogP contribution in [0.2, 0.25) is 0 Å². The predicted octanol–water partition coefficient (Wildman–Crippen LogP) is 3.12. The third kappa shape index (κ3) is 2.73. The van der Waals surface area contributed by atoms with Gasteiger partial charge in [0, 0.05) is 10.2 Å². The van der Waals surface area contributed by atoms with Gasteiger partial charge in [-0.2, -0.15) is 4.39 Å². The first-order valence-electron chi connectivity index (χ1n) is 4.26. The summed E-state index contributed by atoms with van der Waals surface area (Å²) in [4.78, 5) is 0. The molecule has 0 bridgehead atoms. The number of halogens is 2. The van der Waals surface area contributed by atoms with Gasteiger partial charge in [0.25, 0.3) is 0 Å². The number of benzene rings is 1. The van der Waals surface area contributed by atoms with Crippen molar-refractivity contribution >= 4 is 27.4 Å². The van der Waals surface area contributed by atoms with E-state index in [-0.39, 0.29) is 0 Å². The van der Waals surface area contributed by atoms with Crippen molar-refractivity contribution in [3.63, 3.8) is 0 Å². The molecule has 0 radical (unpaired) electrons. The smallest absolute Gasteiger partial charge is 0.233 e. The average Bonchev–Trinajstić information content (AvgIpc) is 2.25. The fraction of sp³-hybridized carbons (Fsp3) is 0. The van der Waals surface area contributed by atoms with Gasteiger partial charge in [0.15, 0.2) is 5.82 Å². The number of hydrogen-bond donors (Lipinski definition) is 1. The van der Waals surface area contributed by atoms with Crippen LogP contribution >= 0.6 is 15.9 Å². The average molecular weight is 268 g/mol. The number of nitrogens with zero attached hydrogens (tertiary/aromatic N) is 2. The van der Waals surface area contributed by atoms with Crippen molar-refractivity contribution in [3.8, 4) is 0 Å². The fourth-order valence-electron chi connectivity index (χ4n) is 1.06. The zero-order chi connectivity index (χ0) is 10.7. The van der Waals surface area contributed by atoms with Gasteiger partial charge in [0.2, 0.25) is 5.95 Å². The molecule has 0 aliphatic heterocycles. The molecule has 0 fully saturated rings. The van der Waals surface area contributed by atoms with Crippen LogP contribution < -0.4 is 5.32 Å². The molecule has 15 heavy (non-hydrogen) atoms. The summed E-state index contributed by atoms with van der Waals surface area (Å²) in [6.07, 6.45) is 0. The first kappa shape index (κ1) is 10.0. The van der Waals surface area contributed by atoms with Crippen LogP contribution in [0.4, 0.5) is 15.9 Å². The summed E-state index contributed by atoms with van der Waals surface area (Å²) < 4.78 is 13.5. The highest BCUT2D eigenvalue weighted by Crippen LogP contribution is 2.17. The van der Waals surface area contributed by atoms with E-state index in [1.54, 1.807) is 0 Å². The Hall–Kier alpha value is -1.49. The second kappa shape index (κ2) is 4.35. The van der Waals surface area contributed by atoms with E-state index in [1.165, 1.54) is 12.1 Å². The molecule has 0 unspecified atom stereocenters. The van der Waals surface area contributed by atoms with Crippen molar-refractivity contribution in [2.45, 2.75) is 0 Å². The van der Waals surface area contributed by atoms with Crippen molar-refractivity contribution in [2.75, 3.05) is 5.32 Å². The largest absolute Gasteiger partial charge is 0.339 e. The van der Waals surface area contributed by atoms with E-state index in [4.69, 9.17) is 0 Å². The van der Waals surface area contributed by atoms with Crippen LogP contribution in [0.1, 0.15) is 0 Å². The molecule has 0 saturated heterocycles. The molecule has 0 atom stereocenters. The predicted molar refractivity (Wildman–Crippen MR) is 59.4 cm³/mol. The molecule has 3 nitrogen and oxygen atoms in total. The quantitative estimate of drug-likeness (QED) is 0.909. The van der Waals surface area contributed by atoms with Crippen molar-refractivity contribution < 1.29 is 4.39 Å². The Balaban J connectivity index is 2.15. The highest BCUT2D eigenvalue weighted by atomic mass is 79.9. The third-order valence-electron chi connectivity index (χ3n) is 1.75. The normalized spacial score (nSPS) is 10.0. The van der Waals surface area contributed by atoms with Gasteiger partial charge in [-0.05, 0) is 36.4 Å². The van der Waals surface area contributed by atoms with Crippen LogP contribution in [0.25, 0.3) is 0 Å². The molecule has 1 aromatic carbocycles. The van der Waals surface area contributed by atoms with Crippen LogP contribution in [0.3, 0.4) is 0 Å². The second-order valence-electron chi connectivity index (χ2n) is 2.87. The molecule has 0 aliphatic carbocycles. The number of nitrogens with one attached hydrogen (secondary N) is 1. The Bertz CT molecular complexity index is 398. The standard InChI is InChI=1S/C10H7BrFN3/c11-7-1-3-8(4-2-7)13-10-6-5-9(12)14-15-10/h1-6H,(H,13,15). The summed E-state index contributed by atoms with van der Waals surface area (Å²) in [6.45, 7) is 0. The maximum Gasteiger partial charge on any atom is 0.233 e. The van der Waals surface area contributed by atoms with E-state index >= 15 is 0 Å². The molecular weight excluding hydrogens is 261 g/mol. The van der Waals surface area contributed by atoms with Gasteiger partial charge in [0.1, 0.15) is 0 Å². The number of aromatic nitrogens is 2. The van der Waals surface area contributed by atoms with Gasteiger partial charge >= 0.3 is 0 Å². The minimum absolute atomic E-state index is 0.513. The fourth-order valence-corrected chi connectivity index (χ4v) is 1.33. The third-order valence-corrected chi connectivity index (χ3v) is 2.28. The van der Waals surface area contributed by atoms with Crippen LogP contribution in [0.5, 0.6) is 0 Å². The molecule has 0 aliphatic rings. The number of rotatable bonds is 2. The van der Waals surface area contributed by atoms with E-state index in [9.17, 15) is 4.39 Å². The van der Waals surface area contributed by atoms with Gasteiger partial charge in [-0.15, -0.1) is 10.2 Å². The Labute approximate surface area is 94.5 Å². The SMILES string of the molecule is Fc1ccc(Nc2ccc(Br)cc2)nn1. The monoisotopic (exact) mass is 267 g/mol. The maximum absolute atomic E-state index is 12.5. The van der Waals surface area contributed by atoms with E-state index in [1.807, 2.05) is 24.3 Å². The molecule has 76 valence electrons. The van der Waals surface area contributed by atoms with Crippen molar-refractivity contribution in [2.24, 2.45) is 0 Å². The molecule has 0 amide bonds. The lowest BCUT2D eigenvalue weighted by atomic mass is 10.3. The molecule has 0 spiro atoms. The number of hydrogen-bond acceptors (Lipinski definition) is 3. The first-order valence-corrected chi connectivity index (χ1v) is 5.05. The van der Waals surface area contributed by atoms with E-state index in [0.717, 1.165) is 10.2 Å². The highest BCUT2D eigenvalue weighted by Gasteiger charge is 1.97. The zero-order valence-electron chi connectivity index (χ0n) is 7.61. The van der Waals surface area contributed by atoms with Gasteiger partial charge in [0.05, 0.1) is 0 Å².